The maximum atomic E-state index is 13.7. The number of hydrogen-bond acceptors (Lipinski definition) is 7. The molecule has 0 bridgehead atoms. The second-order valence-electron chi connectivity index (χ2n) is 8.79. The largest absolute Gasteiger partial charge is 0.507 e. The summed E-state index contributed by atoms with van der Waals surface area (Å²) < 4.78 is 36.3. The van der Waals surface area contributed by atoms with E-state index >= 15 is 0 Å². The zero-order valence-corrected chi connectivity index (χ0v) is 20.6. The Bertz CT molecular complexity index is 1430. The summed E-state index contributed by atoms with van der Waals surface area (Å²) >= 11 is 0. The molecule has 1 fully saturated rings. The van der Waals surface area contributed by atoms with Crippen LogP contribution in [-0.2, 0) is 9.84 Å². The third kappa shape index (κ3) is 4.11. The van der Waals surface area contributed by atoms with Crippen LogP contribution in [0.1, 0.15) is 41.0 Å². The van der Waals surface area contributed by atoms with Crippen LogP contribution in [0.25, 0.3) is 11.3 Å². The Morgan fingerprint density at radius 3 is 2.72 bits per heavy atom. The van der Waals surface area contributed by atoms with Gasteiger partial charge in [-0.15, -0.1) is 0 Å². The number of fused-ring (bicyclic) bond motifs is 1. The quantitative estimate of drug-likeness (QED) is 0.446. The number of H-pyrrole nitrogens is 1. The van der Waals surface area contributed by atoms with Gasteiger partial charge in [0.25, 0.3) is 5.91 Å². The van der Waals surface area contributed by atoms with Gasteiger partial charge in [0, 0.05) is 17.2 Å². The molecule has 1 aromatic heterocycles. The van der Waals surface area contributed by atoms with Crippen LogP contribution in [0.3, 0.4) is 0 Å². The molecule has 2 aromatic carbocycles. The summed E-state index contributed by atoms with van der Waals surface area (Å²) in [5, 5.41) is 17.8. The van der Waals surface area contributed by atoms with Gasteiger partial charge in [0.2, 0.25) is 0 Å². The van der Waals surface area contributed by atoms with Crippen LogP contribution in [0.2, 0.25) is 0 Å². The van der Waals surface area contributed by atoms with Gasteiger partial charge < -0.3 is 19.5 Å². The molecule has 2 atom stereocenters. The third-order valence-electron chi connectivity index (χ3n) is 6.50. The molecule has 0 saturated carbocycles. The SMILES string of the molecule is C=CCOc1ccc(C2c3c(-c4ccccc4O)n[nH]c3C(=O)N2C2CCS(=O)(=O)C2)cc1OCC. The number of ether oxygens (including phenoxy) is 2. The molecule has 36 heavy (non-hydrogen) atoms. The van der Waals surface area contributed by atoms with E-state index in [4.69, 9.17) is 9.47 Å². The maximum absolute atomic E-state index is 13.7. The van der Waals surface area contributed by atoms with Gasteiger partial charge in [-0.2, -0.15) is 5.10 Å². The third-order valence-corrected chi connectivity index (χ3v) is 8.26. The molecule has 2 aliphatic heterocycles. The van der Waals surface area contributed by atoms with Crippen molar-refractivity contribution in [1.82, 2.24) is 15.1 Å². The lowest BCUT2D eigenvalue weighted by molar-refractivity contribution is 0.0677. The Hall–Kier alpha value is -3.79. The average molecular weight is 510 g/mol. The first kappa shape index (κ1) is 23.9. The van der Waals surface area contributed by atoms with Crippen LogP contribution in [0.4, 0.5) is 0 Å². The lowest BCUT2D eigenvalue weighted by Crippen LogP contribution is -2.40. The molecule has 2 unspecified atom stereocenters. The highest BCUT2D eigenvalue weighted by Gasteiger charge is 2.48. The smallest absolute Gasteiger partial charge is 0.273 e. The van der Waals surface area contributed by atoms with Crippen LogP contribution in [0, 0.1) is 0 Å². The molecular weight excluding hydrogens is 482 g/mol. The fourth-order valence-electron chi connectivity index (χ4n) is 4.97. The minimum absolute atomic E-state index is 0.0306. The number of amides is 1. The summed E-state index contributed by atoms with van der Waals surface area (Å²) in [6.45, 7) is 6.25. The number of carbonyl (C=O) groups excluding carboxylic acids is 1. The number of rotatable bonds is 8. The van der Waals surface area contributed by atoms with Gasteiger partial charge in [-0.25, -0.2) is 8.42 Å². The van der Waals surface area contributed by atoms with Gasteiger partial charge >= 0.3 is 0 Å². The zero-order chi connectivity index (χ0) is 25.4. The van der Waals surface area contributed by atoms with Gasteiger partial charge in [-0.05, 0) is 43.2 Å². The van der Waals surface area contributed by atoms with E-state index in [1.165, 1.54) is 0 Å². The summed E-state index contributed by atoms with van der Waals surface area (Å²) in [4.78, 5) is 15.3. The minimum Gasteiger partial charge on any atom is -0.507 e. The standard InChI is InChI=1S/C26H27N3O6S/c1-3-12-35-20-10-9-16(14-21(20)34-4-2)25-22-23(18-7-5-6-8-19(18)30)27-28-24(22)26(31)29(25)17-11-13-36(32,33)15-17/h3,5-10,14,17,25,30H,1,4,11-13,15H2,2H3,(H,27,28). The number of nitrogens with one attached hydrogen (secondary N) is 1. The predicted molar refractivity (Wildman–Crippen MR) is 134 cm³/mol. The van der Waals surface area contributed by atoms with Crippen molar-refractivity contribution in [3.8, 4) is 28.5 Å². The number of benzene rings is 2. The summed E-state index contributed by atoms with van der Waals surface area (Å²) in [5.74, 6) is 0.680. The van der Waals surface area contributed by atoms with E-state index in [1.54, 1.807) is 41.3 Å². The zero-order valence-electron chi connectivity index (χ0n) is 19.8. The number of nitrogens with zero attached hydrogens (tertiary/aromatic N) is 2. The number of carbonyl (C=O) groups is 1. The van der Waals surface area contributed by atoms with E-state index in [0.717, 1.165) is 5.56 Å². The summed E-state index contributed by atoms with van der Waals surface area (Å²) in [6, 6.07) is 11.1. The molecule has 10 heteroatoms. The van der Waals surface area contributed by atoms with Crippen LogP contribution in [0.5, 0.6) is 17.2 Å². The summed E-state index contributed by atoms with van der Waals surface area (Å²) in [5.41, 5.74) is 2.51. The first-order valence-corrected chi connectivity index (χ1v) is 13.6. The van der Waals surface area contributed by atoms with Crippen molar-refractivity contribution in [3.05, 3.63) is 71.9 Å². The topological polar surface area (TPSA) is 122 Å². The second-order valence-corrected chi connectivity index (χ2v) is 11.0. The van der Waals surface area contributed by atoms with Crippen LogP contribution >= 0.6 is 0 Å². The van der Waals surface area contributed by atoms with Crippen molar-refractivity contribution in [2.24, 2.45) is 0 Å². The first-order chi connectivity index (χ1) is 17.3. The number of aromatic hydroxyl groups is 1. The van der Waals surface area contributed by atoms with E-state index < -0.39 is 21.9 Å². The normalized spacial score (nSPS) is 20.4. The molecule has 5 rings (SSSR count). The van der Waals surface area contributed by atoms with Crippen LogP contribution < -0.4 is 9.47 Å². The molecule has 0 aliphatic carbocycles. The van der Waals surface area contributed by atoms with Gasteiger partial charge in [0.15, 0.2) is 21.3 Å². The Balaban J connectivity index is 1.67. The summed E-state index contributed by atoms with van der Waals surface area (Å²) in [7, 11) is -3.25. The van der Waals surface area contributed by atoms with Crippen molar-refractivity contribution < 1.29 is 27.8 Å². The number of aromatic amines is 1. The highest BCUT2D eigenvalue weighted by Crippen LogP contribution is 2.47. The number of para-hydroxylation sites is 1. The van der Waals surface area contributed by atoms with Crippen LogP contribution in [0.15, 0.2) is 55.1 Å². The van der Waals surface area contributed by atoms with Gasteiger partial charge in [0.1, 0.15) is 23.7 Å². The molecule has 2 aliphatic rings. The fraction of sp³-hybridized carbons (Fsp3) is 0.308. The number of phenols is 1. The number of phenolic OH excluding ortho intramolecular Hbond substituents is 1. The molecule has 0 spiro atoms. The van der Waals surface area contributed by atoms with Crippen molar-refractivity contribution >= 4 is 15.7 Å². The monoisotopic (exact) mass is 509 g/mol. The molecule has 9 nitrogen and oxygen atoms in total. The first-order valence-electron chi connectivity index (χ1n) is 11.7. The molecule has 188 valence electrons. The lowest BCUT2D eigenvalue weighted by atomic mass is 9.94. The average Bonchev–Trinajstić information content (AvgIpc) is 3.52. The van der Waals surface area contributed by atoms with Crippen LogP contribution in [-0.4, -0.2) is 65.3 Å². The highest BCUT2D eigenvalue weighted by molar-refractivity contribution is 7.91. The van der Waals surface area contributed by atoms with E-state index in [-0.39, 0.29) is 28.9 Å². The molecule has 1 amide bonds. The number of sulfone groups is 1. The second kappa shape index (κ2) is 9.34. The Labute approximate surface area is 209 Å². The maximum Gasteiger partial charge on any atom is 0.273 e. The van der Waals surface area contributed by atoms with E-state index in [0.29, 0.717) is 48.0 Å². The minimum atomic E-state index is -3.25. The van der Waals surface area contributed by atoms with Gasteiger partial charge in [-0.1, -0.05) is 30.9 Å². The molecule has 1 saturated heterocycles. The fourth-order valence-corrected chi connectivity index (χ4v) is 6.69. The number of hydrogen-bond donors (Lipinski definition) is 2. The van der Waals surface area contributed by atoms with E-state index in [2.05, 4.69) is 16.8 Å². The van der Waals surface area contributed by atoms with Crippen molar-refractivity contribution in [2.75, 3.05) is 24.7 Å². The highest BCUT2D eigenvalue weighted by atomic mass is 32.2. The van der Waals surface area contributed by atoms with E-state index in [1.807, 2.05) is 19.1 Å². The molecule has 2 N–H and O–H groups in total. The van der Waals surface area contributed by atoms with Crippen molar-refractivity contribution in [1.29, 1.82) is 0 Å². The lowest BCUT2D eigenvalue weighted by Gasteiger charge is -2.31. The number of aromatic nitrogens is 2. The van der Waals surface area contributed by atoms with Crippen molar-refractivity contribution in [3.63, 3.8) is 0 Å². The molecule has 3 heterocycles. The molecule has 0 radical (unpaired) electrons. The summed E-state index contributed by atoms with van der Waals surface area (Å²) in [6.07, 6.45) is 1.99. The Morgan fingerprint density at radius 1 is 1.22 bits per heavy atom. The van der Waals surface area contributed by atoms with Gasteiger partial charge in [0.05, 0.1) is 24.2 Å². The Morgan fingerprint density at radius 2 is 2.03 bits per heavy atom. The Kier molecular flexibility index (Phi) is 6.21. The van der Waals surface area contributed by atoms with Crippen molar-refractivity contribution in [2.45, 2.75) is 25.4 Å². The molecular formula is C26H27N3O6S. The van der Waals surface area contributed by atoms with Gasteiger partial charge in [-0.3, -0.25) is 9.89 Å². The van der Waals surface area contributed by atoms with E-state index in [9.17, 15) is 18.3 Å². The predicted octanol–water partition coefficient (Wildman–Crippen LogP) is 3.48. The molecule has 3 aromatic rings.